The number of rotatable bonds is 8. The van der Waals surface area contributed by atoms with Crippen molar-refractivity contribution in [3.05, 3.63) is 66.1 Å². The average Bonchev–Trinajstić information content (AvgIpc) is 3.19. The quantitative estimate of drug-likeness (QED) is 0.251. The smallest absolute Gasteiger partial charge is 0.257 e. The Morgan fingerprint density at radius 1 is 1.15 bits per heavy atom. The number of halogens is 2. The Kier molecular flexibility index (Phi) is 5.63. The molecular weight excluding hydrogens is 534 g/mol. The lowest BCUT2D eigenvalue weighted by molar-refractivity contribution is -0.118. The number of alkyl halides is 2. The van der Waals surface area contributed by atoms with E-state index in [1.165, 1.54) is 25.7 Å². The summed E-state index contributed by atoms with van der Waals surface area (Å²) in [7, 11) is 3.09. The molecule has 2 aliphatic rings. The maximum absolute atomic E-state index is 13.1. The molecular formula is C28H24F2N8O3. The van der Waals surface area contributed by atoms with Gasteiger partial charge in [-0.15, -0.1) is 0 Å². The molecule has 7 rings (SSSR count). The molecule has 2 atom stereocenters. The van der Waals surface area contributed by atoms with Crippen molar-refractivity contribution in [1.82, 2.24) is 29.9 Å². The molecule has 1 aliphatic carbocycles. The van der Waals surface area contributed by atoms with Crippen LogP contribution in [0.25, 0.3) is 22.2 Å². The molecule has 0 bridgehead atoms. The van der Waals surface area contributed by atoms with Crippen LogP contribution < -0.4 is 20.1 Å². The predicted octanol–water partition coefficient (Wildman–Crippen LogP) is 4.62. The van der Waals surface area contributed by atoms with Gasteiger partial charge in [0.05, 0.1) is 43.2 Å². The number of aromatic amines is 1. The van der Waals surface area contributed by atoms with Gasteiger partial charge in [0.2, 0.25) is 5.91 Å². The Bertz CT molecular complexity index is 1820. The molecule has 11 nitrogen and oxygen atoms in total. The van der Waals surface area contributed by atoms with Crippen LogP contribution in [0.2, 0.25) is 0 Å². The first-order valence-electron chi connectivity index (χ1n) is 12.9. The lowest BCUT2D eigenvalue weighted by Gasteiger charge is -2.11. The molecule has 4 heterocycles. The van der Waals surface area contributed by atoms with Gasteiger partial charge in [-0.1, -0.05) is 6.07 Å². The zero-order chi connectivity index (χ0) is 28.3. The first-order chi connectivity index (χ1) is 19.9. The summed E-state index contributed by atoms with van der Waals surface area (Å²) >= 11 is 0. The number of nitrogens with one attached hydrogen (secondary N) is 3. The van der Waals surface area contributed by atoms with Gasteiger partial charge in [0.25, 0.3) is 12.3 Å². The number of benzene rings is 2. The largest absolute Gasteiger partial charge is 0.497 e. The van der Waals surface area contributed by atoms with E-state index in [2.05, 4.69) is 35.9 Å². The van der Waals surface area contributed by atoms with Gasteiger partial charge in [-0.2, -0.15) is 10.2 Å². The Labute approximate surface area is 231 Å². The maximum Gasteiger partial charge on any atom is 0.257 e. The average molecular weight is 559 g/mol. The van der Waals surface area contributed by atoms with Gasteiger partial charge in [0.15, 0.2) is 11.6 Å². The molecule has 1 aliphatic heterocycles. The molecule has 2 aromatic carbocycles. The van der Waals surface area contributed by atoms with E-state index < -0.39 is 18.4 Å². The number of fused-ring (bicyclic) bond motifs is 3. The number of ether oxygens (including phenoxy) is 2. The fourth-order valence-electron chi connectivity index (χ4n) is 5.65. The molecule has 5 aromatic rings. The van der Waals surface area contributed by atoms with Gasteiger partial charge < -0.3 is 20.1 Å². The topological polar surface area (TPSA) is 132 Å². The summed E-state index contributed by atoms with van der Waals surface area (Å²) in [5.41, 5.74) is 3.96. The number of hydrogen-bond donors (Lipinski definition) is 3. The predicted molar refractivity (Wildman–Crippen MR) is 146 cm³/mol. The third-order valence-corrected chi connectivity index (χ3v) is 7.73. The second-order valence-corrected chi connectivity index (χ2v) is 10.1. The molecule has 0 radical (unpaired) electrons. The Hall–Kier alpha value is -5.07. The zero-order valence-electron chi connectivity index (χ0n) is 22.0. The van der Waals surface area contributed by atoms with Crippen LogP contribution in [0.1, 0.15) is 23.5 Å². The number of amides is 1. The lowest BCUT2D eigenvalue weighted by atomic mass is 9.91. The molecule has 3 aromatic heterocycles. The first-order valence-corrected chi connectivity index (χ1v) is 12.9. The minimum Gasteiger partial charge on any atom is -0.497 e. The highest BCUT2D eigenvalue weighted by Gasteiger charge is 2.65. The normalized spacial score (nSPS) is 19.0. The van der Waals surface area contributed by atoms with E-state index in [1.54, 1.807) is 7.11 Å². The van der Waals surface area contributed by atoms with Crippen molar-refractivity contribution in [3.63, 3.8) is 0 Å². The van der Waals surface area contributed by atoms with Gasteiger partial charge in [-0.25, -0.2) is 18.7 Å². The van der Waals surface area contributed by atoms with E-state index in [0.29, 0.717) is 29.3 Å². The van der Waals surface area contributed by atoms with E-state index in [4.69, 9.17) is 9.47 Å². The van der Waals surface area contributed by atoms with Gasteiger partial charge in [-0.3, -0.25) is 14.6 Å². The summed E-state index contributed by atoms with van der Waals surface area (Å²) in [5, 5.41) is 18.5. The fourth-order valence-corrected chi connectivity index (χ4v) is 5.65. The third-order valence-electron chi connectivity index (χ3n) is 7.73. The monoisotopic (exact) mass is 558 g/mol. The highest BCUT2D eigenvalue weighted by Crippen LogP contribution is 2.65. The fraction of sp³-hybridized carbons (Fsp3) is 0.250. The Morgan fingerprint density at radius 2 is 2.02 bits per heavy atom. The zero-order valence-corrected chi connectivity index (χ0v) is 22.0. The van der Waals surface area contributed by atoms with Crippen LogP contribution >= 0.6 is 0 Å². The van der Waals surface area contributed by atoms with Crippen molar-refractivity contribution in [3.8, 4) is 22.9 Å². The summed E-state index contributed by atoms with van der Waals surface area (Å²) in [6, 6.07) is 11.6. The number of carbonyl (C=O) groups excluding carboxylic acids is 1. The summed E-state index contributed by atoms with van der Waals surface area (Å²) in [5.74, 6) is 1.79. The summed E-state index contributed by atoms with van der Waals surface area (Å²) in [6.07, 6.45) is 2.62. The van der Waals surface area contributed by atoms with Crippen LogP contribution in [0.5, 0.6) is 11.6 Å². The minimum atomic E-state index is -2.52. The molecule has 13 heteroatoms. The van der Waals surface area contributed by atoms with Crippen molar-refractivity contribution in [2.75, 3.05) is 24.9 Å². The van der Waals surface area contributed by atoms with Crippen LogP contribution in [0.3, 0.4) is 0 Å². The molecule has 1 fully saturated rings. The number of nitrogens with zero attached hydrogens (tertiary/aromatic N) is 5. The summed E-state index contributed by atoms with van der Waals surface area (Å²) in [4.78, 5) is 22.0. The highest BCUT2D eigenvalue weighted by atomic mass is 19.3. The molecule has 0 unspecified atom stereocenters. The lowest BCUT2D eigenvalue weighted by Crippen LogP contribution is -2.21. The molecule has 208 valence electrons. The molecule has 3 N–H and O–H groups in total. The summed E-state index contributed by atoms with van der Waals surface area (Å²) in [6.45, 7) is -0.511. The van der Waals surface area contributed by atoms with E-state index >= 15 is 0 Å². The van der Waals surface area contributed by atoms with E-state index in [1.807, 2.05) is 36.4 Å². The number of carbonyl (C=O) groups is 1. The molecule has 1 spiro atoms. The van der Waals surface area contributed by atoms with Crippen LogP contribution in [-0.4, -0.2) is 56.5 Å². The van der Waals surface area contributed by atoms with Crippen LogP contribution in [0.15, 0.2) is 55.0 Å². The highest BCUT2D eigenvalue weighted by molar-refractivity contribution is 6.10. The first kappa shape index (κ1) is 24.9. The number of hydrogen-bond acceptors (Lipinski definition) is 8. The maximum atomic E-state index is 13.1. The van der Waals surface area contributed by atoms with Gasteiger partial charge in [0, 0.05) is 28.8 Å². The van der Waals surface area contributed by atoms with Crippen LogP contribution in [0.4, 0.5) is 26.1 Å². The number of H-pyrrole nitrogens is 1. The SMILES string of the molecule is COc1ccc2c(c1)[C@]1(C[C@H]1c1ccc3c(Nc4nc(-c5cnn(CC(F)F)c5)cnc4OC)n[nH]c3c1)C(=O)N2. The van der Waals surface area contributed by atoms with Crippen LogP contribution in [0, 0.1) is 0 Å². The van der Waals surface area contributed by atoms with Crippen LogP contribution in [-0.2, 0) is 16.8 Å². The second-order valence-electron chi connectivity index (χ2n) is 10.1. The van der Waals surface area contributed by atoms with Crippen molar-refractivity contribution >= 4 is 34.1 Å². The van der Waals surface area contributed by atoms with E-state index in [0.717, 1.165) is 38.1 Å². The Balaban J connectivity index is 1.17. The number of anilines is 3. The van der Waals surface area contributed by atoms with Crippen molar-refractivity contribution in [2.24, 2.45) is 0 Å². The Morgan fingerprint density at radius 3 is 2.83 bits per heavy atom. The van der Waals surface area contributed by atoms with Gasteiger partial charge in [0.1, 0.15) is 12.3 Å². The summed E-state index contributed by atoms with van der Waals surface area (Å²) < 4.78 is 37.4. The standard InChI is InChI=1S/C28H24F2N8O3/c1-40-16-4-6-20-18(8-16)28(27(39)34-20)9-19(28)14-3-5-17-21(7-14)36-37-24(17)35-25-26(41-2)31-11-22(33-25)15-10-32-38(12-15)13-23(29)30/h3-8,10-12,19,23H,9,13H2,1-2H3,(H,34,39)(H2,33,35,36,37)/t19-,28-/m0/s1. The number of methoxy groups -OCH3 is 2. The van der Waals surface area contributed by atoms with Crippen molar-refractivity contribution in [1.29, 1.82) is 0 Å². The number of aromatic nitrogens is 6. The second kappa shape index (κ2) is 9.25. The molecule has 41 heavy (non-hydrogen) atoms. The van der Waals surface area contributed by atoms with Crippen molar-refractivity contribution in [2.45, 2.75) is 30.7 Å². The van der Waals surface area contributed by atoms with E-state index in [-0.39, 0.29) is 17.7 Å². The third kappa shape index (κ3) is 4.03. The molecule has 0 saturated heterocycles. The van der Waals surface area contributed by atoms with Crippen molar-refractivity contribution < 1.29 is 23.0 Å². The van der Waals surface area contributed by atoms with Gasteiger partial charge in [-0.05, 0) is 47.9 Å². The minimum absolute atomic E-state index is 0.00289. The van der Waals surface area contributed by atoms with Gasteiger partial charge >= 0.3 is 0 Å². The molecule has 1 saturated carbocycles. The van der Waals surface area contributed by atoms with E-state index in [9.17, 15) is 13.6 Å². The molecule has 1 amide bonds.